The molecule has 1 saturated heterocycles. The Hall–Kier alpha value is -3.02. The maximum atomic E-state index is 12.8. The molecule has 0 aliphatic carbocycles. The van der Waals surface area contributed by atoms with Crippen LogP contribution in [0.5, 0.6) is 11.5 Å². The highest BCUT2D eigenvalue weighted by Gasteiger charge is 2.21. The summed E-state index contributed by atoms with van der Waals surface area (Å²) in [5.74, 6) is 1.56. The number of carbonyl (C=O) groups is 2. The fraction of sp³-hybridized carbons (Fsp3) is 0.391. The van der Waals surface area contributed by atoms with Gasteiger partial charge < -0.3 is 19.7 Å². The molecule has 2 amide bonds. The van der Waals surface area contributed by atoms with Crippen molar-refractivity contribution in [1.29, 1.82) is 0 Å². The third-order valence-corrected chi connectivity index (χ3v) is 5.44. The topological polar surface area (TPSA) is 67.9 Å². The molecule has 2 aromatic carbocycles. The van der Waals surface area contributed by atoms with E-state index in [0.29, 0.717) is 31.7 Å². The zero-order valence-corrected chi connectivity index (χ0v) is 16.6. The summed E-state index contributed by atoms with van der Waals surface area (Å²) in [7, 11) is 0. The van der Waals surface area contributed by atoms with Crippen LogP contribution in [0.3, 0.4) is 0 Å². The normalized spacial score (nSPS) is 16.6. The lowest BCUT2D eigenvalue weighted by Gasteiger charge is -2.22. The van der Waals surface area contributed by atoms with Gasteiger partial charge in [-0.05, 0) is 48.2 Å². The van der Waals surface area contributed by atoms with E-state index in [-0.39, 0.29) is 17.9 Å². The van der Waals surface area contributed by atoms with E-state index in [0.717, 1.165) is 42.0 Å². The maximum Gasteiger partial charge on any atom is 0.251 e. The van der Waals surface area contributed by atoms with E-state index in [4.69, 9.17) is 9.47 Å². The molecule has 0 saturated carbocycles. The van der Waals surface area contributed by atoms with Gasteiger partial charge in [0.05, 0.1) is 6.04 Å². The summed E-state index contributed by atoms with van der Waals surface area (Å²) in [4.78, 5) is 26.4. The number of amides is 2. The van der Waals surface area contributed by atoms with Crippen LogP contribution in [0.1, 0.15) is 53.7 Å². The van der Waals surface area contributed by atoms with E-state index < -0.39 is 0 Å². The van der Waals surface area contributed by atoms with Gasteiger partial charge in [-0.25, -0.2) is 0 Å². The first kappa shape index (κ1) is 19.3. The van der Waals surface area contributed by atoms with Crippen molar-refractivity contribution >= 4 is 11.8 Å². The van der Waals surface area contributed by atoms with E-state index in [9.17, 15) is 9.59 Å². The SMILES string of the molecule is CCC(NC(=O)c1ccc(CN2CCCC2=O)cc1)c1ccc2c(c1)OCCO2. The fourth-order valence-corrected chi connectivity index (χ4v) is 3.79. The molecule has 1 N–H and O–H groups in total. The minimum Gasteiger partial charge on any atom is -0.486 e. The van der Waals surface area contributed by atoms with Gasteiger partial charge in [0, 0.05) is 25.1 Å². The number of rotatable bonds is 6. The van der Waals surface area contributed by atoms with Crippen molar-refractivity contribution < 1.29 is 19.1 Å². The highest BCUT2D eigenvalue weighted by molar-refractivity contribution is 5.94. The second-order valence-corrected chi connectivity index (χ2v) is 7.45. The van der Waals surface area contributed by atoms with Crippen LogP contribution < -0.4 is 14.8 Å². The average molecular weight is 394 g/mol. The van der Waals surface area contributed by atoms with E-state index in [1.54, 1.807) is 0 Å². The Balaban J connectivity index is 1.41. The van der Waals surface area contributed by atoms with Crippen molar-refractivity contribution in [2.45, 2.75) is 38.8 Å². The summed E-state index contributed by atoms with van der Waals surface area (Å²) in [6.07, 6.45) is 2.33. The third kappa shape index (κ3) is 4.36. The average Bonchev–Trinajstić information content (AvgIpc) is 3.16. The molecule has 6 heteroatoms. The number of nitrogens with one attached hydrogen (secondary N) is 1. The molecule has 1 unspecified atom stereocenters. The zero-order chi connectivity index (χ0) is 20.2. The molecule has 0 radical (unpaired) electrons. The maximum absolute atomic E-state index is 12.8. The summed E-state index contributed by atoms with van der Waals surface area (Å²) in [5, 5.41) is 3.11. The molecule has 29 heavy (non-hydrogen) atoms. The van der Waals surface area contributed by atoms with E-state index >= 15 is 0 Å². The first-order valence-electron chi connectivity index (χ1n) is 10.2. The molecule has 2 aromatic rings. The Kier molecular flexibility index (Phi) is 5.69. The molecule has 152 valence electrons. The quantitative estimate of drug-likeness (QED) is 0.815. The van der Waals surface area contributed by atoms with Crippen LogP contribution in [0.4, 0.5) is 0 Å². The smallest absolute Gasteiger partial charge is 0.251 e. The number of nitrogens with zero attached hydrogens (tertiary/aromatic N) is 1. The van der Waals surface area contributed by atoms with Crippen molar-refractivity contribution in [2.75, 3.05) is 19.8 Å². The fourth-order valence-electron chi connectivity index (χ4n) is 3.79. The number of hydrogen-bond donors (Lipinski definition) is 1. The van der Waals surface area contributed by atoms with Gasteiger partial charge in [0.2, 0.25) is 5.91 Å². The van der Waals surface area contributed by atoms with Gasteiger partial charge in [-0.2, -0.15) is 0 Å². The van der Waals surface area contributed by atoms with Crippen LogP contribution in [0.2, 0.25) is 0 Å². The highest BCUT2D eigenvalue weighted by atomic mass is 16.6. The summed E-state index contributed by atoms with van der Waals surface area (Å²) >= 11 is 0. The highest BCUT2D eigenvalue weighted by Crippen LogP contribution is 2.33. The van der Waals surface area contributed by atoms with Crippen molar-refractivity contribution in [2.24, 2.45) is 0 Å². The monoisotopic (exact) mass is 394 g/mol. The summed E-state index contributed by atoms with van der Waals surface area (Å²) in [5.41, 5.74) is 2.64. The van der Waals surface area contributed by atoms with Crippen LogP contribution in [0, 0.1) is 0 Å². The first-order valence-corrected chi connectivity index (χ1v) is 10.2. The Morgan fingerprint density at radius 2 is 1.86 bits per heavy atom. The van der Waals surface area contributed by atoms with E-state index in [1.165, 1.54) is 0 Å². The largest absolute Gasteiger partial charge is 0.486 e. The van der Waals surface area contributed by atoms with Gasteiger partial charge in [-0.1, -0.05) is 25.1 Å². The molecule has 2 aliphatic heterocycles. The van der Waals surface area contributed by atoms with Crippen molar-refractivity contribution in [3.8, 4) is 11.5 Å². The third-order valence-electron chi connectivity index (χ3n) is 5.44. The minimum absolute atomic E-state index is 0.111. The lowest BCUT2D eigenvalue weighted by Crippen LogP contribution is -2.28. The van der Waals surface area contributed by atoms with Gasteiger partial charge in [0.15, 0.2) is 11.5 Å². The Morgan fingerprint density at radius 1 is 1.10 bits per heavy atom. The molecule has 2 heterocycles. The molecule has 0 aromatic heterocycles. The molecule has 0 spiro atoms. The number of fused-ring (bicyclic) bond motifs is 1. The Morgan fingerprint density at radius 3 is 2.55 bits per heavy atom. The standard InChI is InChI=1S/C23H26N2O4/c1-2-19(18-9-10-20-21(14-18)29-13-12-28-20)24-23(27)17-7-5-16(6-8-17)15-25-11-3-4-22(25)26/h5-10,14,19H,2-4,11-13,15H2,1H3,(H,24,27). The van der Waals surface area contributed by atoms with Gasteiger partial charge in [-0.3, -0.25) is 9.59 Å². The van der Waals surface area contributed by atoms with Crippen LogP contribution in [0.25, 0.3) is 0 Å². The molecule has 2 aliphatic rings. The van der Waals surface area contributed by atoms with Crippen LogP contribution >= 0.6 is 0 Å². The number of likely N-dealkylation sites (tertiary alicyclic amines) is 1. The number of hydrogen-bond acceptors (Lipinski definition) is 4. The minimum atomic E-state index is -0.115. The Bertz CT molecular complexity index is 894. The first-order chi connectivity index (χ1) is 14.1. The van der Waals surface area contributed by atoms with E-state index in [2.05, 4.69) is 5.32 Å². The molecule has 0 bridgehead atoms. The van der Waals surface area contributed by atoms with Crippen molar-refractivity contribution in [3.05, 3.63) is 59.2 Å². The van der Waals surface area contributed by atoms with Crippen LogP contribution in [-0.2, 0) is 11.3 Å². The summed E-state index contributed by atoms with van der Waals surface area (Å²) < 4.78 is 11.2. The molecular formula is C23H26N2O4. The summed E-state index contributed by atoms with van der Waals surface area (Å²) in [6.45, 7) is 4.55. The number of benzene rings is 2. The molecule has 1 fully saturated rings. The van der Waals surface area contributed by atoms with Gasteiger partial charge in [0.25, 0.3) is 5.91 Å². The predicted octanol–water partition coefficient (Wildman–Crippen LogP) is 3.46. The van der Waals surface area contributed by atoms with Crippen LogP contribution in [-0.4, -0.2) is 36.5 Å². The lowest BCUT2D eigenvalue weighted by atomic mass is 10.0. The van der Waals surface area contributed by atoms with Gasteiger partial charge in [-0.15, -0.1) is 0 Å². The van der Waals surface area contributed by atoms with Crippen LogP contribution in [0.15, 0.2) is 42.5 Å². The molecule has 4 rings (SSSR count). The zero-order valence-electron chi connectivity index (χ0n) is 16.6. The molecule has 6 nitrogen and oxygen atoms in total. The predicted molar refractivity (Wildman–Crippen MR) is 109 cm³/mol. The second kappa shape index (κ2) is 8.55. The van der Waals surface area contributed by atoms with Crippen molar-refractivity contribution in [3.63, 3.8) is 0 Å². The number of ether oxygens (including phenoxy) is 2. The molecule has 1 atom stereocenters. The van der Waals surface area contributed by atoms with Gasteiger partial charge in [0.1, 0.15) is 13.2 Å². The van der Waals surface area contributed by atoms with E-state index in [1.807, 2.05) is 54.3 Å². The Labute approximate surface area is 170 Å². The van der Waals surface area contributed by atoms with Crippen molar-refractivity contribution in [1.82, 2.24) is 10.2 Å². The summed E-state index contributed by atoms with van der Waals surface area (Å²) in [6, 6.07) is 13.2. The lowest BCUT2D eigenvalue weighted by molar-refractivity contribution is -0.128. The number of carbonyl (C=O) groups excluding carboxylic acids is 2. The second-order valence-electron chi connectivity index (χ2n) is 7.45. The molecular weight excluding hydrogens is 368 g/mol. The van der Waals surface area contributed by atoms with Gasteiger partial charge >= 0.3 is 0 Å².